The zero-order chi connectivity index (χ0) is 13.2. The summed E-state index contributed by atoms with van der Waals surface area (Å²) >= 11 is 3.10. The Labute approximate surface area is 115 Å². The van der Waals surface area contributed by atoms with Crippen LogP contribution in [0, 0.1) is 11.6 Å². The van der Waals surface area contributed by atoms with Crippen LogP contribution in [0.15, 0.2) is 16.6 Å². The Bertz CT molecular complexity index is 426. The number of halogens is 3. The lowest BCUT2D eigenvalue weighted by atomic mass is 9.84. The molecular weight excluding hydrogens is 300 g/mol. The molecule has 18 heavy (non-hydrogen) atoms. The first-order valence-corrected chi connectivity index (χ1v) is 7.22. The van der Waals surface area contributed by atoms with Gasteiger partial charge in [-0.2, -0.15) is 0 Å². The lowest BCUT2D eigenvalue weighted by Gasteiger charge is -2.28. The molecular formula is C14H18BrF2N. The molecule has 2 rings (SSSR count). The van der Waals surface area contributed by atoms with Crippen LogP contribution in [-0.2, 0) is 6.42 Å². The largest absolute Gasteiger partial charge is 0.325 e. The number of hydrogen-bond donors (Lipinski definition) is 1. The molecule has 0 atom stereocenters. The third-order valence-electron chi connectivity index (χ3n) is 3.77. The predicted molar refractivity (Wildman–Crippen MR) is 72.4 cm³/mol. The zero-order valence-electron chi connectivity index (χ0n) is 10.3. The molecule has 100 valence electrons. The van der Waals surface area contributed by atoms with Gasteiger partial charge in [-0.05, 0) is 47.3 Å². The summed E-state index contributed by atoms with van der Waals surface area (Å²) in [6.45, 7) is 0. The van der Waals surface area contributed by atoms with Gasteiger partial charge in [0, 0.05) is 11.1 Å². The van der Waals surface area contributed by atoms with E-state index in [1.54, 1.807) is 0 Å². The van der Waals surface area contributed by atoms with Crippen LogP contribution in [0.4, 0.5) is 8.78 Å². The van der Waals surface area contributed by atoms with E-state index in [-0.39, 0.29) is 12.0 Å². The van der Waals surface area contributed by atoms with Crippen LogP contribution in [-0.4, -0.2) is 5.54 Å². The molecule has 1 aromatic rings. The highest BCUT2D eigenvalue weighted by Gasteiger charge is 2.29. The van der Waals surface area contributed by atoms with E-state index < -0.39 is 17.2 Å². The van der Waals surface area contributed by atoms with E-state index in [9.17, 15) is 8.78 Å². The maximum absolute atomic E-state index is 13.9. The molecule has 2 N–H and O–H groups in total. The SMILES string of the molecule is NC1(Cc2c(F)ccc(Br)c2F)CCCCCC1. The van der Waals surface area contributed by atoms with Crippen LogP contribution in [0.1, 0.15) is 44.1 Å². The average Bonchev–Trinajstić information content (AvgIpc) is 2.55. The van der Waals surface area contributed by atoms with Crippen molar-refractivity contribution in [3.63, 3.8) is 0 Å². The Kier molecular flexibility index (Phi) is 4.38. The summed E-state index contributed by atoms with van der Waals surface area (Å²) in [7, 11) is 0. The minimum Gasteiger partial charge on any atom is -0.325 e. The summed E-state index contributed by atoms with van der Waals surface area (Å²) < 4.78 is 28.0. The number of hydrogen-bond acceptors (Lipinski definition) is 1. The molecule has 4 heteroatoms. The lowest BCUT2D eigenvalue weighted by molar-refractivity contribution is 0.357. The molecule has 1 saturated carbocycles. The van der Waals surface area contributed by atoms with Crippen molar-refractivity contribution in [1.82, 2.24) is 0 Å². The Balaban J connectivity index is 2.24. The smallest absolute Gasteiger partial charge is 0.143 e. The van der Waals surface area contributed by atoms with Gasteiger partial charge < -0.3 is 5.73 Å². The predicted octanol–water partition coefficient (Wildman–Crippen LogP) is 4.32. The molecule has 0 aliphatic heterocycles. The third-order valence-corrected chi connectivity index (χ3v) is 4.38. The summed E-state index contributed by atoms with van der Waals surface area (Å²) in [5, 5.41) is 0. The quantitative estimate of drug-likeness (QED) is 0.638. The molecule has 0 spiro atoms. The first-order valence-electron chi connectivity index (χ1n) is 6.43. The normalized spacial score (nSPS) is 19.6. The van der Waals surface area contributed by atoms with Gasteiger partial charge in [0.15, 0.2) is 0 Å². The van der Waals surface area contributed by atoms with Gasteiger partial charge in [-0.25, -0.2) is 8.78 Å². The van der Waals surface area contributed by atoms with E-state index >= 15 is 0 Å². The summed E-state index contributed by atoms with van der Waals surface area (Å²) in [4.78, 5) is 0. The molecule has 0 unspecified atom stereocenters. The monoisotopic (exact) mass is 317 g/mol. The third kappa shape index (κ3) is 3.09. The van der Waals surface area contributed by atoms with E-state index in [4.69, 9.17) is 5.73 Å². The van der Waals surface area contributed by atoms with Gasteiger partial charge in [-0.15, -0.1) is 0 Å². The van der Waals surface area contributed by atoms with Gasteiger partial charge in [-0.1, -0.05) is 25.7 Å². The Hall–Kier alpha value is -0.480. The molecule has 0 aromatic heterocycles. The van der Waals surface area contributed by atoms with E-state index in [0.29, 0.717) is 4.47 Å². The maximum atomic E-state index is 13.9. The Morgan fingerprint density at radius 1 is 1.11 bits per heavy atom. The maximum Gasteiger partial charge on any atom is 0.143 e. The van der Waals surface area contributed by atoms with Crippen molar-refractivity contribution in [2.45, 2.75) is 50.5 Å². The Morgan fingerprint density at radius 2 is 1.72 bits per heavy atom. The molecule has 0 amide bonds. The fourth-order valence-electron chi connectivity index (χ4n) is 2.69. The van der Waals surface area contributed by atoms with Gasteiger partial charge in [0.05, 0.1) is 4.47 Å². The molecule has 0 bridgehead atoms. The van der Waals surface area contributed by atoms with Crippen LogP contribution < -0.4 is 5.73 Å². The summed E-state index contributed by atoms with van der Waals surface area (Å²) in [6.07, 6.45) is 6.41. The van der Waals surface area contributed by atoms with Gasteiger partial charge in [0.25, 0.3) is 0 Å². The molecule has 0 radical (unpaired) electrons. The second-order valence-corrected chi connectivity index (χ2v) is 6.13. The Morgan fingerprint density at radius 3 is 2.33 bits per heavy atom. The molecule has 1 fully saturated rings. The van der Waals surface area contributed by atoms with Crippen molar-refractivity contribution in [3.05, 3.63) is 33.8 Å². The van der Waals surface area contributed by atoms with Crippen LogP contribution in [0.5, 0.6) is 0 Å². The van der Waals surface area contributed by atoms with E-state index in [1.165, 1.54) is 25.0 Å². The topological polar surface area (TPSA) is 26.0 Å². The fraction of sp³-hybridized carbons (Fsp3) is 0.571. The minimum atomic E-state index is -0.510. The highest BCUT2D eigenvalue weighted by atomic mass is 79.9. The number of benzene rings is 1. The van der Waals surface area contributed by atoms with Crippen molar-refractivity contribution in [1.29, 1.82) is 0 Å². The van der Waals surface area contributed by atoms with Crippen LogP contribution >= 0.6 is 15.9 Å². The van der Waals surface area contributed by atoms with Crippen molar-refractivity contribution in [2.24, 2.45) is 5.73 Å². The van der Waals surface area contributed by atoms with Crippen molar-refractivity contribution in [2.75, 3.05) is 0 Å². The van der Waals surface area contributed by atoms with Gasteiger partial charge >= 0.3 is 0 Å². The standard InChI is InChI=1S/C14H18BrF2N/c15-11-5-6-12(16)10(13(11)17)9-14(18)7-3-1-2-4-8-14/h5-6H,1-4,7-9,18H2. The highest BCUT2D eigenvalue weighted by molar-refractivity contribution is 9.10. The summed E-state index contributed by atoms with van der Waals surface area (Å²) in [5.74, 6) is -1.01. The zero-order valence-corrected chi connectivity index (χ0v) is 11.9. The fourth-order valence-corrected chi connectivity index (χ4v) is 3.06. The molecule has 1 nitrogen and oxygen atoms in total. The summed E-state index contributed by atoms with van der Waals surface area (Å²) in [6, 6.07) is 2.69. The molecule has 1 aliphatic carbocycles. The second kappa shape index (κ2) is 5.66. The van der Waals surface area contributed by atoms with Crippen molar-refractivity contribution < 1.29 is 8.78 Å². The molecule has 0 saturated heterocycles. The van der Waals surface area contributed by atoms with Gasteiger partial charge in [-0.3, -0.25) is 0 Å². The molecule has 1 aromatic carbocycles. The molecule has 1 aliphatic rings. The second-order valence-electron chi connectivity index (χ2n) is 5.28. The highest BCUT2D eigenvalue weighted by Crippen LogP contribution is 2.31. The van der Waals surface area contributed by atoms with Crippen LogP contribution in [0.3, 0.4) is 0 Å². The van der Waals surface area contributed by atoms with Crippen LogP contribution in [0.2, 0.25) is 0 Å². The lowest BCUT2D eigenvalue weighted by Crippen LogP contribution is -2.42. The van der Waals surface area contributed by atoms with E-state index in [1.807, 2.05) is 0 Å². The average molecular weight is 318 g/mol. The minimum absolute atomic E-state index is 0.119. The van der Waals surface area contributed by atoms with Gasteiger partial charge in [0.1, 0.15) is 11.6 Å². The summed E-state index contributed by atoms with van der Waals surface area (Å²) in [5.41, 5.74) is 5.99. The number of rotatable bonds is 2. The first kappa shape index (κ1) is 13.9. The first-order chi connectivity index (χ1) is 8.52. The van der Waals surface area contributed by atoms with Crippen molar-refractivity contribution >= 4 is 15.9 Å². The number of nitrogens with two attached hydrogens (primary N) is 1. The van der Waals surface area contributed by atoms with Crippen molar-refractivity contribution in [3.8, 4) is 0 Å². The van der Waals surface area contributed by atoms with Crippen LogP contribution in [0.25, 0.3) is 0 Å². The van der Waals surface area contributed by atoms with Gasteiger partial charge in [0.2, 0.25) is 0 Å². The van der Waals surface area contributed by atoms with E-state index in [2.05, 4.69) is 15.9 Å². The molecule has 0 heterocycles. The van der Waals surface area contributed by atoms with E-state index in [0.717, 1.165) is 25.7 Å².